The fourth-order valence-electron chi connectivity index (χ4n) is 4.10. The molecule has 1 aliphatic heterocycles. The molecule has 1 saturated carbocycles. The summed E-state index contributed by atoms with van der Waals surface area (Å²) < 4.78 is 0. The highest BCUT2D eigenvalue weighted by molar-refractivity contribution is 7.07. The van der Waals surface area contributed by atoms with Crippen molar-refractivity contribution in [2.24, 2.45) is 5.41 Å². The lowest BCUT2D eigenvalue weighted by molar-refractivity contribution is -0.130. The van der Waals surface area contributed by atoms with Crippen LogP contribution in [0.4, 0.5) is 5.82 Å². The Morgan fingerprint density at radius 2 is 2.11 bits per heavy atom. The van der Waals surface area contributed by atoms with E-state index in [1.165, 1.54) is 18.0 Å². The van der Waals surface area contributed by atoms with E-state index in [0.717, 1.165) is 32.4 Å². The van der Waals surface area contributed by atoms with E-state index >= 15 is 0 Å². The second-order valence-electron chi connectivity index (χ2n) is 7.41. The molecule has 1 N–H and O–H groups in total. The number of piperidine rings is 1. The van der Waals surface area contributed by atoms with Crippen molar-refractivity contribution < 1.29 is 14.7 Å². The second kappa shape index (κ2) is 6.92. The van der Waals surface area contributed by atoms with Crippen molar-refractivity contribution in [3.8, 4) is 0 Å². The summed E-state index contributed by atoms with van der Waals surface area (Å²) in [4.78, 5) is 35.5. The molecular formula is C19H22N4O3S. The van der Waals surface area contributed by atoms with E-state index in [9.17, 15) is 9.59 Å². The van der Waals surface area contributed by atoms with E-state index in [1.54, 1.807) is 18.3 Å². The van der Waals surface area contributed by atoms with Crippen LogP contribution in [0.2, 0.25) is 0 Å². The van der Waals surface area contributed by atoms with Gasteiger partial charge in [0, 0.05) is 32.6 Å². The van der Waals surface area contributed by atoms with Crippen molar-refractivity contribution in [1.29, 1.82) is 0 Å². The maximum Gasteiger partial charge on any atom is 0.356 e. The van der Waals surface area contributed by atoms with Crippen LogP contribution in [0, 0.1) is 5.41 Å². The van der Waals surface area contributed by atoms with E-state index in [0.29, 0.717) is 18.4 Å². The highest BCUT2D eigenvalue weighted by Crippen LogP contribution is 2.57. The SMILES string of the molecule is CC(=O)N(Cc1ccsc1)C1CC12CCN(c1cnc(C(=O)O)cn1)CC2. The van der Waals surface area contributed by atoms with Crippen LogP contribution in [-0.2, 0) is 11.3 Å². The first-order chi connectivity index (χ1) is 13.0. The van der Waals surface area contributed by atoms with Gasteiger partial charge in [-0.15, -0.1) is 0 Å². The monoisotopic (exact) mass is 386 g/mol. The molecule has 3 heterocycles. The average Bonchev–Trinajstić information content (AvgIpc) is 3.09. The predicted octanol–water partition coefficient (Wildman–Crippen LogP) is 2.64. The Morgan fingerprint density at radius 3 is 2.67 bits per heavy atom. The summed E-state index contributed by atoms with van der Waals surface area (Å²) in [6.07, 6.45) is 5.92. The van der Waals surface area contributed by atoms with Crippen LogP contribution < -0.4 is 4.90 Å². The molecule has 0 bridgehead atoms. The third-order valence-electron chi connectivity index (χ3n) is 5.80. The zero-order valence-corrected chi connectivity index (χ0v) is 16.0. The van der Waals surface area contributed by atoms with Gasteiger partial charge in [-0.1, -0.05) is 0 Å². The van der Waals surface area contributed by atoms with E-state index in [1.807, 2.05) is 10.3 Å². The highest BCUT2D eigenvalue weighted by atomic mass is 32.1. The zero-order valence-electron chi connectivity index (χ0n) is 15.2. The molecule has 1 atom stereocenters. The maximum atomic E-state index is 12.2. The number of aromatic carboxylic acids is 1. The van der Waals surface area contributed by atoms with Crippen LogP contribution in [0.3, 0.4) is 0 Å². The first-order valence-corrected chi connectivity index (χ1v) is 10.0. The van der Waals surface area contributed by atoms with Gasteiger partial charge in [0.15, 0.2) is 5.69 Å². The Morgan fingerprint density at radius 1 is 1.33 bits per heavy atom. The number of carboxylic acids is 1. The third kappa shape index (κ3) is 3.53. The minimum Gasteiger partial charge on any atom is -0.476 e. The Hall–Kier alpha value is -2.48. The molecule has 4 rings (SSSR count). The van der Waals surface area contributed by atoms with Crippen LogP contribution in [0.25, 0.3) is 0 Å². The number of nitrogens with zero attached hydrogens (tertiary/aromatic N) is 4. The van der Waals surface area contributed by atoms with Gasteiger partial charge in [-0.05, 0) is 47.1 Å². The maximum absolute atomic E-state index is 12.2. The van der Waals surface area contributed by atoms with Crippen molar-refractivity contribution in [3.05, 3.63) is 40.5 Å². The number of hydrogen-bond acceptors (Lipinski definition) is 6. The summed E-state index contributed by atoms with van der Waals surface area (Å²) in [5, 5.41) is 13.1. The highest BCUT2D eigenvalue weighted by Gasteiger charge is 2.58. The quantitative estimate of drug-likeness (QED) is 0.850. The Balaban J connectivity index is 1.38. The number of carboxylic acid groups (broad SMARTS) is 1. The van der Waals surface area contributed by atoms with Gasteiger partial charge in [-0.3, -0.25) is 4.79 Å². The van der Waals surface area contributed by atoms with Crippen molar-refractivity contribution in [1.82, 2.24) is 14.9 Å². The van der Waals surface area contributed by atoms with Crippen LogP contribution >= 0.6 is 11.3 Å². The molecule has 27 heavy (non-hydrogen) atoms. The normalized spacial score (nSPS) is 20.5. The molecule has 1 aliphatic carbocycles. The molecular weight excluding hydrogens is 364 g/mol. The number of carbonyl (C=O) groups is 2. The molecule has 1 spiro atoms. The fraction of sp³-hybridized carbons (Fsp3) is 0.474. The van der Waals surface area contributed by atoms with Gasteiger partial charge < -0.3 is 14.9 Å². The molecule has 7 nitrogen and oxygen atoms in total. The zero-order chi connectivity index (χ0) is 19.0. The van der Waals surface area contributed by atoms with Crippen molar-refractivity contribution in [3.63, 3.8) is 0 Å². The molecule has 0 aromatic carbocycles. The van der Waals surface area contributed by atoms with Crippen LogP contribution in [0.1, 0.15) is 42.2 Å². The summed E-state index contributed by atoms with van der Waals surface area (Å²) >= 11 is 1.66. The number of carbonyl (C=O) groups excluding carboxylic acids is 1. The van der Waals surface area contributed by atoms with Crippen molar-refractivity contribution in [2.75, 3.05) is 18.0 Å². The Labute approximate surface area is 161 Å². The summed E-state index contributed by atoms with van der Waals surface area (Å²) in [7, 11) is 0. The van der Waals surface area contributed by atoms with E-state index in [-0.39, 0.29) is 17.0 Å². The number of anilines is 1. The summed E-state index contributed by atoms with van der Waals surface area (Å²) in [6, 6.07) is 2.40. The van der Waals surface area contributed by atoms with E-state index in [4.69, 9.17) is 5.11 Å². The van der Waals surface area contributed by atoms with Gasteiger partial charge in [0.1, 0.15) is 5.82 Å². The van der Waals surface area contributed by atoms with Gasteiger partial charge in [-0.25, -0.2) is 14.8 Å². The van der Waals surface area contributed by atoms with Crippen LogP contribution in [0.5, 0.6) is 0 Å². The lowest BCUT2D eigenvalue weighted by atomic mass is 9.92. The smallest absolute Gasteiger partial charge is 0.356 e. The molecule has 142 valence electrons. The molecule has 1 amide bonds. The lowest BCUT2D eigenvalue weighted by Crippen LogP contribution is -2.40. The predicted molar refractivity (Wildman–Crippen MR) is 102 cm³/mol. The van der Waals surface area contributed by atoms with Gasteiger partial charge in [0.05, 0.1) is 12.4 Å². The fourth-order valence-corrected chi connectivity index (χ4v) is 4.76. The van der Waals surface area contributed by atoms with E-state index in [2.05, 4.69) is 26.3 Å². The van der Waals surface area contributed by atoms with Crippen molar-refractivity contribution in [2.45, 2.75) is 38.8 Å². The van der Waals surface area contributed by atoms with Gasteiger partial charge in [0.2, 0.25) is 5.91 Å². The van der Waals surface area contributed by atoms with Gasteiger partial charge in [0.25, 0.3) is 0 Å². The first-order valence-electron chi connectivity index (χ1n) is 9.07. The molecule has 1 unspecified atom stereocenters. The van der Waals surface area contributed by atoms with Crippen molar-refractivity contribution >= 4 is 29.0 Å². The topological polar surface area (TPSA) is 86.6 Å². The minimum atomic E-state index is -1.07. The summed E-state index contributed by atoms with van der Waals surface area (Å²) in [6.45, 7) is 4.05. The van der Waals surface area contributed by atoms with Crippen LogP contribution in [-0.4, -0.2) is 51.0 Å². The lowest BCUT2D eigenvalue weighted by Gasteiger charge is -2.35. The molecule has 1 saturated heterocycles. The molecule has 2 aromatic heterocycles. The number of amides is 1. The second-order valence-corrected chi connectivity index (χ2v) is 8.19. The summed E-state index contributed by atoms with van der Waals surface area (Å²) in [5.41, 5.74) is 1.37. The third-order valence-corrected chi connectivity index (χ3v) is 6.53. The first kappa shape index (κ1) is 17.9. The van der Waals surface area contributed by atoms with Gasteiger partial charge >= 0.3 is 5.97 Å². The summed E-state index contributed by atoms with van der Waals surface area (Å²) in [5.74, 6) is -0.211. The van der Waals surface area contributed by atoms with Gasteiger partial charge in [-0.2, -0.15) is 11.3 Å². The Bertz CT molecular complexity index is 829. The standard InChI is InChI=1S/C19H22N4O3S/c1-13(24)23(11-14-2-7-27-12-14)16-8-19(16)3-5-22(6-4-19)17-10-20-15(9-21-17)18(25)26/h2,7,9-10,12,16H,3-6,8,11H2,1H3,(H,25,26). The molecule has 8 heteroatoms. The average molecular weight is 386 g/mol. The minimum absolute atomic E-state index is 0.0417. The molecule has 2 fully saturated rings. The molecule has 2 aliphatic rings. The number of rotatable bonds is 5. The molecule has 0 radical (unpaired) electrons. The van der Waals surface area contributed by atoms with Crippen LogP contribution in [0.15, 0.2) is 29.2 Å². The largest absolute Gasteiger partial charge is 0.476 e. The molecule has 2 aromatic rings. The van der Waals surface area contributed by atoms with E-state index < -0.39 is 5.97 Å². The number of hydrogen-bond donors (Lipinski definition) is 1. The Kier molecular flexibility index (Phi) is 4.59. The number of aromatic nitrogens is 2. The number of thiophene rings is 1.